The van der Waals surface area contributed by atoms with Crippen molar-refractivity contribution in [1.82, 2.24) is 9.88 Å². The van der Waals surface area contributed by atoms with Crippen molar-refractivity contribution < 1.29 is 23.4 Å². The van der Waals surface area contributed by atoms with Crippen molar-refractivity contribution in [3.05, 3.63) is 47.5 Å². The molecule has 9 heteroatoms. The van der Waals surface area contributed by atoms with Crippen LogP contribution in [0.1, 0.15) is 48.5 Å². The summed E-state index contributed by atoms with van der Waals surface area (Å²) in [6.45, 7) is 6.82. The molecule has 1 aromatic heterocycles. The molecule has 0 atom stereocenters. The van der Waals surface area contributed by atoms with Crippen molar-refractivity contribution in [2.75, 3.05) is 38.2 Å². The van der Waals surface area contributed by atoms with E-state index < -0.39 is 5.91 Å². The number of nitrogens with one attached hydrogen (secondary N) is 1. The molecular weight excluding hydrogens is 460 g/mol. The van der Waals surface area contributed by atoms with Crippen molar-refractivity contribution in [3.8, 4) is 11.5 Å². The molecule has 2 saturated heterocycles. The van der Waals surface area contributed by atoms with Crippen molar-refractivity contribution in [2.45, 2.75) is 51.3 Å². The summed E-state index contributed by atoms with van der Waals surface area (Å²) in [6, 6.07) is 13.1. The number of benzene rings is 2. The second kappa shape index (κ2) is 11.2. The number of hydrogen-bond donors (Lipinski definition) is 2. The standard InChI is InChI=1S/C27H33N4O5/c1-2-34-21-14-18(15-22(16-21)35-20-8-12-33-13-9-20)17-31-10-6-19(7-11-31)29-27-30-25-23(26(28)32)4-3-5-24(25)36-27/h3,5,14-16,19-20H,2,6-13,17H2,1H3,(H2,28,32)(H,29,30). The van der Waals surface area contributed by atoms with Crippen molar-refractivity contribution in [1.29, 1.82) is 0 Å². The Morgan fingerprint density at radius 1 is 1.19 bits per heavy atom. The van der Waals surface area contributed by atoms with Crippen LogP contribution in [0.15, 0.2) is 34.7 Å². The van der Waals surface area contributed by atoms with E-state index >= 15 is 0 Å². The van der Waals surface area contributed by atoms with Gasteiger partial charge in [0.05, 0.1) is 25.4 Å². The van der Waals surface area contributed by atoms with Gasteiger partial charge in [-0.25, -0.2) is 0 Å². The quantitative estimate of drug-likeness (QED) is 0.463. The van der Waals surface area contributed by atoms with Gasteiger partial charge in [-0.05, 0) is 55.7 Å². The van der Waals surface area contributed by atoms with Gasteiger partial charge in [0.25, 0.3) is 11.9 Å². The van der Waals surface area contributed by atoms with Crippen LogP contribution in [0.2, 0.25) is 0 Å². The van der Waals surface area contributed by atoms with Gasteiger partial charge in [-0.15, -0.1) is 0 Å². The van der Waals surface area contributed by atoms with Gasteiger partial charge in [0.2, 0.25) is 0 Å². The number of rotatable bonds is 9. The van der Waals surface area contributed by atoms with Gasteiger partial charge in [0.1, 0.15) is 23.1 Å². The molecule has 9 nitrogen and oxygen atoms in total. The number of fused-ring (bicyclic) bond motifs is 1. The maximum atomic E-state index is 11.6. The highest BCUT2D eigenvalue weighted by Crippen LogP contribution is 2.28. The summed E-state index contributed by atoms with van der Waals surface area (Å²) in [5, 5.41) is 3.38. The summed E-state index contributed by atoms with van der Waals surface area (Å²) >= 11 is 0. The maximum Gasteiger partial charge on any atom is 0.295 e. The molecule has 3 aromatic rings. The third kappa shape index (κ3) is 5.91. The molecule has 3 N–H and O–H groups in total. The van der Waals surface area contributed by atoms with Crippen LogP contribution in [0.4, 0.5) is 6.01 Å². The predicted molar refractivity (Wildman–Crippen MR) is 135 cm³/mol. The zero-order chi connectivity index (χ0) is 24.9. The number of likely N-dealkylation sites (tertiary alicyclic amines) is 1. The molecule has 2 aliphatic rings. The van der Waals surface area contributed by atoms with Gasteiger partial charge in [-0.1, -0.05) is 0 Å². The van der Waals surface area contributed by atoms with E-state index in [1.54, 1.807) is 12.1 Å². The summed E-state index contributed by atoms with van der Waals surface area (Å²) < 4.78 is 23.3. The maximum absolute atomic E-state index is 11.6. The average Bonchev–Trinajstić information content (AvgIpc) is 3.28. The largest absolute Gasteiger partial charge is 0.494 e. The molecule has 0 saturated carbocycles. The van der Waals surface area contributed by atoms with Crippen LogP contribution in [0.25, 0.3) is 11.1 Å². The van der Waals surface area contributed by atoms with E-state index in [4.69, 9.17) is 24.4 Å². The van der Waals surface area contributed by atoms with Gasteiger partial charge in [0.15, 0.2) is 5.58 Å². The normalized spacial score (nSPS) is 17.8. The second-order valence-electron chi connectivity index (χ2n) is 9.32. The number of ether oxygens (including phenoxy) is 3. The minimum absolute atomic E-state index is 0.189. The van der Waals surface area contributed by atoms with E-state index in [0.29, 0.717) is 23.7 Å². The van der Waals surface area contributed by atoms with E-state index in [2.05, 4.69) is 33.4 Å². The number of hydrogen-bond acceptors (Lipinski definition) is 8. The SMILES string of the molecule is CCOc1cc(CN2CCC(Nc3nc4c(C(N)=O)[c]ccc4o3)CC2)cc(OC2CCOCC2)c1. The highest BCUT2D eigenvalue weighted by molar-refractivity contribution is 6.03. The molecular formula is C27H33N4O5. The fourth-order valence-electron chi connectivity index (χ4n) is 4.84. The third-order valence-electron chi connectivity index (χ3n) is 6.64. The predicted octanol–water partition coefficient (Wildman–Crippen LogP) is 3.76. The lowest BCUT2D eigenvalue weighted by Crippen LogP contribution is -2.38. The molecule has 2 aromatic carbocycles. The number of nitrogens with zero attached hydrogens (tertiary/aromatic N) is 2. The minimum atomic E-state index is -0.566. The molecule has 1 amide bonds. The molecule has 2 aliphatic heterocycles. The van der Waals surface area contributed by atoms with Crippen LogP contribution in [0.5, 0.6) is 11.5 Å². The van der Waals surface area contributed by atoms with Gasteiger partial charge in [0, 0.05) is 44.6 Å². The molecule has 0 bridgehead atoms. The minimum Gasteiger partial charge on any atom is -0.494 e. The highest BCUT2D eigenvalue weighted by Gasteiger charge is 2.22. The van der Waals surface area contributed by atoms with Gasteiger partial charge < -0.3 is 29.7 Å². The fourth-order valence-corrected chi connectivity index (χ4v) is 4.84. The number of aromatic nitrogens is 1. The van der Waals surface area contributed by atoms with Crippen molar-refractivity contribution in [3.63, 3.8) is 0 Å². The zero-order valence-corrected chi connectivity index (χ0v) is 20.6. The summed E-state index contributed by atoms with van der Waals surface area (Å²) in [7, 11) is 0. The Hall–Kier alpha value is -3.30. The van der Waals surface area contributed by atoms with E-state index in [9.17, 15) is 4.79 Å². The Morgan fingerprint density at radius 3 is 2.72 bits per heavy atom. The van der Waals surface area contributed by atoms with Gasteiger partial charge in [-0.3, -0.25) is 9.69 Å². The summed E-state index contributed by atoms with van der Waals surface area (Å²) in [5.41, 5.74) is 7.83. The van der Waals surface area contributed by atoms with Gasteiger partial charge >= 0.3 is 0 Å². The monoisotopic (exact) mass is 493 g/mol. The third-order valence-corrected chi connectivity index (χ3v) is 6.64. The van der Waals surface area contributed by atoms with Crippen LogP contribution < -0.4 is 20.5 Å². The van der Waals surface area contributed by atoms with Crippen LogP contribution in [-0.4, -0.2) is 60.8 Å². The second-order valence-corrected chi connectivity index (χ2v) is 9.32. The first-order valence-electron chi connectivity index (χ1n) is 12.7. The molecule has 5 rings (SSSR count). The number of carbonyl (C=O) groups is 1. The molecule has 36 heavy (non-hydrogen) atoms. The Bertz CT molecular complexity index is 1180. The van der Waals surface area contributed by atoms with Gasteiger partial charge in [-0.2, -0.15) is 4.98 Å². The first-order valence-corrected chi connectivity index (χ1v) is 12.7. The zero-order valence-electron chi connectivity index (χ0n) is 20.6. The Kier molecular flexibility index (Phi) is 7.58. The summed E-state index contributed by atoms with van der Waals surface area (Å²) in [4.78, 5) is 18.5. The Morgan fingerprint density at radius 2 is 1.97 bits per heavy atom. The van der Waals surface area contributed by atoms with Crippen LogP contribution in [0.3, 0.4) is 0 Å². The smallest absolute Gasteiger partial charge is 0.295 e. The molecule has 2 fully saturated rings. The number of oxazole rings is 1. The summed E-state index contributed by atoms with van der Waals surface area (Å²) in [5.74, 6) is 1.14. The highest BCUT2D eigenvalue weighted by atomic mass is 16.5. The Labute approximate surface area is 210 Å². The lowest BCUT2D eigenvalue weighted by Gasteiger charge is -2.32. The molecule has 1 radical (unpaired) electrons. The first kappa shape index (κ1) is 24.4. The van der Waals surface area contributed by atoms with Crippen LogP contribution >= 0.6 is 0 Å². The average molecular weight is 494 g/mol. The Balaban J connectivity index is 1.19. The lowest BCUT2D eigenvalue weighted by atomic mass is 10.0. The number of piperidine rings is 1. The first-order chi connectivity index (χ1) is 17.6. The van der Waals surface area contributed by atoms with E-state index in [1.165, 1.54) is 5.56 Å². The van der Waals surface area contributed by atoms with E-state index in [-0.39, 0.29) is 17.7 Å². The van der Waals surface area contributed by atoms with E-state index in [1.807, 2.05) is 13.0 Å². The number of primary amides is 1. The fraction of sp³-hybridized carbons (Fsp3) is 0.481. The molecule has 0 spiro atoms. The van der Waals surface area contributed by atoms with E-state index in [0.717, 1.165) is 70.0 Å². The molecule has 0 aliphatic carbocycles. The van der Waals surface area contributed by atoms with Crippen molar-refractivity contribution in [2.24, 2.45) is 5.73 Å². The summed E-state index contributed by atoms with van der Waals surface area (Å²) in [6.07, 6.45) is 3.91. The molecule has 3 heterocycles. The number of carbonyl (C=O) groups excluding carboxylic acids is 1. The number of amides is 1. The topological polar surface area (TPSA) is 112 Å². The van der Waals surface area contributed by atoms with Crippen LogP contribution in [0, 0.1) is 6.07 Å². The lowest BCUT2D eigenvalue weighted by molar-refractivity contribution is 0.0254. The number of anilines is 1. The number of nitrogens with two attached hydrogens (primary N) is 1. The van der Waals surface area contributed by atoms with Crippen molar-refractivity contribution >= 4 is 23.0 Å². The van der Waals surface area contributed by atoms with Crippen LogP contribution in [-0.2, 0) is 11.3 Å². The molecule has 191 valence electrons. The molecule has 0 unspecified atom stereocenters.